The van der Waals surface area contributed by atoms with Crippen LogP contribution in [0.3, 0.4) is 0 Å². The number of hydrogen-bond acceptors (Lipinski definition) is 6. The van der Waals surface area contributed by atoms with Crippen molar-refractivity contribution in [2.24, 2.45) is 5.16 Å². The van der Waals surface area contributed by atoms with Crippen molar-refractivity contribution >= 4 is 15.8 Å². The summed E-state index contributed by atoms with van der Waals surface area (Å²) >= 11 is 0. The van der Waals surface area contributed by atoms with Crippen LogP contribution in [0.2, 0.25) is 0 Å². The van der Waals surface area contributed by atoms with Gasteiger partial charge in [0, 0.05) is 12.0 Å². The van der Waals surface area contributed by atoms with Gasteiger partial charge in [-0.1, -0.05) is 22.9 Å². The Bertz CT molecular complexity index is 872. The van der Waals surface area contributed by atoms with Gasteiger partial charge in [-0.2, -0.15) is 8.42 Å². The Morgan fingerprint density at radius 2 is 1.88 bits per heavy atom. The van der Waals surface area contributed by atoms with E-state index in [1.54, 1.807) is 37.4 Å². The SMILES string of the molecule is COc1ccc2c(c1)/C(=N\OS(=O)(=O)c1ccc(C)cc1)CCO2. The summed E-state index contributed by atoms with van der Waals surface area (Å²) in [5, 5.41) is 3.86. The van der Waals surface area contributed by atoms with Gasteiger partial charge >= 0.3 is 10.1 Å². The summed E-state index contributed by atoms with van der Waals surface area (Å²) in [7, 11) is -2.40. The smallest absolute Gasteiger partial charge is 0.358 e. The van der Waals surface area contributed by atoms with Crippen LogP contribution in [0.4, 0.5) is 0 Å². The van der Waals surface area contributed by atoms with E-state index in [9.17, 15) is 8.42 Å². The van der Waals surface area contributed by atoms with Crippen LogP contribution in [-0.2, 0) is 14.4 Å². The molecule has 0 bridgehead atoms. The van der Waals surface area contributed by atoms with Crippen molar-refractivity contribution in [3.63, 3.8) is 0 Å². The predicted octanol–water partition coefficient (Wildman–Crippen LogP) is 2.90. The Kier molecular flexibility index (Phi) is 4.44. The lowest BCUT2D eigenvalue weighted by Gasteiger charge is -2.19. The third kappa shape index (κ3) is 3.35. The van der Waals surface area contributed by atoms with Crippen LogP contribution in [0.25, 0.3) is 0 Å². The van der Waals surface area contributed by atoms with Gasteiger partial charge in [-0.25, -0.2) is 0 Å². The normalized spacial score (nSPS) is 15.5. The molecule has 0 saturated heterocycles. The zero-order valence-corrected chi connectivity index (χ0v) is 14.2. The molecule has 0 fully saturated rings. The van der Waals surface area contributed by atoms with Crippen molar-refractivity contribution in [1.82, 2.24) is 0 Å². The largest absolute Gasteiger partial charge is 0.497 e. The van der Waals surface area contributed by atoms with E-state index >= 15 is 0 Å². The van der Waals surface area contributed by atoms with Crippen LogP contribution in [0.5, 0.6) is 11.5 Å². The van der Waals surface area contributed by atoms with Gasteiger partial charge in [0.05, 0.1) is 19.4 Å². The number of rotatable bonds is 4. The van der Waals surface area contributed by atoms with E-state index < -0.39 is 10.1 Å². The summed E-state index contributed by atoms with van der Waals surface area (Å²) in [5.41, 5.74) is 2.14. The van der Waals surface area contributed by atoms with Gasteiger partial charge in [-0.05, 0) is 37.3 Å². The number of fused-ring (bicyclic) bond motifs is 1. The second-order valence-electron chi connectivity index (χ2n) is 5.34. The Balaban J connectivity index is 1.89. The molecule has 24 heavy (non-hydrogen) atoms. The number of nitrogens with zero attached hydrogens (tertiary/aromatic N) is 1. The predicted molar refractivity (Wildman–Crippen MR) is 89.1 cm³/mol. The van der Waals surface area contributed by atoms with Crippen molar-refractivity contribution in [3.8, 4) is 11.5 Å². The Morgan fingerprint density at radius 3 is 2.58 bits per heavy atom. The maximum atomic E-state index is 12.2. The third-order valence-corrected chi connectivity index (χ3v) is 4.77. The molecule has 6 nitrogen and oxygen atoms in total. The number of aryl methyl sites for hydroxylation is 1. The highest BCUT2D eigenvalue weighted by Crippen LogP contribution is 2.29. The highest BCUT2D eigenvalue weighted by Gasteiger charge is 2.21. The molecule has 7 heteroatoms. The standard InChI is InChI=1S/C17H17NO5S/c1-12-3-6-14(7-4-12)24(19,20)23-18-16-9-10-22-17-8-5-13(21-2)11-15(16)17/h3-8,11H,9-10H2,1-2H3/b18-16-. The molecule has 0 aliphatic carbocycles. The van der Waals surface area contributed by atoms with E-state index in [-0.39, 0.29) is 4.90 Å². The molecule has 2 aromatic rings. The van der Waals surface area contributed by atoms with E-state index in [1.807, 2.05) is 6.92 Å². The van der Waals surface area contributed by atoms with E-state index in [1.165, 1.54) is 12.1 Å². The van der Waals surface area contributed by atoms with Gasteiger partial charge in [0.2, 0.25) is 0 Å². The van der Waals surface area contributed by atoms with E-state index in [0.717, 1.165) is 5.56 Å². The first kappa shape index (κ1) is 16.3. The van der Waals surface area contributed by atoms with Gasteiger partial charge in [-0.3, -0.25) is 4.28 Å². The summed E-state index contributed by atoms with van der Waals surface area (Å²) in [4.78, 5) is 0.0652. The molecule has 0 unspecified atom stereocenters. The van der Waals surface area contributed by atoms with Crippen LogP contribution in [0, 0.1) is 6.92 Å². The highest BCUT2D eigenvalue weighted by atomic mass is 32.2. The van der Waals surface area contributed by atoms with Gasteiger partial charge in [-0.15, -0.1) is 0 Å². The molecule has 0 saturated carbocycles. The molecule has 1 heterocycles. The average molecular weight is 347 g/mol. The zero-order valence-electron chi connectivity index (χ0n) is 13.4. The van der Waals surface area contributed by atoms with Crippen molar-refractivity contribution in [2.45, 2.75) is 18.2 Å². The van der Waals surface area contributed by atoms with E-state index in [4.69, 9.17) is 13.8 Å². The second kappa shape index (κ2) is 6.52. The summed E-state index contributed by atoms with van der Waals surface area (Å²) in [6, 6.07) is 11.7. The number of methoxy groups -OCH3 is 1. The zero-order chi connectivity index (χ0) is 17.2. The monoisotopic (exact) mass is 347 g/mol. The van der Waals surface area contributed by atoms with Crippen LogP contribution in [-0.4, -0.2) is 27.8 Å². The Hall–Kier alpha value is -2.54. The molecule has 126 valence electrons. The molecular formula is C17H17NO5S. The second-order valence-corrected chi connectivity index (χ2v) is 6.87. The molecule has 0 atom stereocenters. The van der Waals surface area contributed by atoms with Crippen molar-refractivity contribution in [1.29, 1.82) is 0 Å². The van der Waals surface area contributed by atoms with Crippen LogP contribution >= 0.6 is 0 Å². The van der Waals surface area contributed by atoms with Gasteiger partial charge in [0.25, 0.3) is 0 Å². The summed E-state index contributed by atoms with van der Waals surface area (Å²) in [5.74, 6) is 1.26. The molecule has 1 aliphatic heterocycles. The lowest BCUT2D eigenvalue weighted by molar-refractivity contribution is 0.307. The fourth-order valence-corrected chi connectivity index (χ4v) is 3.06. The number of ether oxygens (including phenoxy) is 2. The fraction of sp³-hybridized carbons (Fsp3) is 0.235. The number of oxime groups is 1. The average Bonchev–Trinajstić information content (AvgIpc) is 2.60. The van der Waals surface area contributed by atoms with Crippen molar-refractivity contribution in [2.75, 3.05) is 13.7 Å². The maximum Gasteiger partial charge on any atom is 0.358 e. The van der Waals surface area contributed by atoms with Crippen LogP contribution in [0.15, 0.2) is 52.5 Å². The molecule has 0 radical (unpaired) electrons. The summed E-state index contributed by atoms with van der Waals surface area (Å²) in [6.45, 7) is 2.29. The molecular weight excluding hydrogens is 330 g/mol. The third-order valence-electron chi connectivity index (χ3n) is 3.65. The van der Waals surface area contributed by atoms with E-state index in [0.29, 0.717) is 35.8 Å². The van der Waals surface area contributed by atoms with Gasteiger partial charge in [0.15, 0.2) is 0 Å². The summed E-state index contributed by atoms with van der Waals surface area (Å²) in [6.07, 6.45) is 0.448. The molecule has 2 aromatic carbocycles. The number of hydrogen-bond donors (Lipinski definition) is 0. The molecule has 1 aliphatic rings. The number of benzene rings is 2. The molecule has 3 rings (SSSR count). The molecule has 0 spiro atoms. The lowest BCUT2D eigenvalue weighted by Crippen LogP contribution is -2.17. The minimum Gasteiger partial charge on any atom is -0.497 e. The Labute approximate surface area is 140 Å². The van der Waals surface area contributed by atoms with Crippen LogP contribution in [0.1, 0.15) is 17.5 Å². The topological polar surface area (TPSA) is 74.2 Å². The molecule has 0 aromatic heterocycles. The minimum atomic E-state index is -3.95. The lowest BCUT2D eigenvalue weighted by atomic mass is 10.0. The van der Waals surface area contributed by atoms with Crippen LogP contribution < -0.4 is 9.47 Å². The minimum absolute atomic E-state index is 0.0652. The van der Waals surface area contributed by atoms with Gasteiger partial charge < -0.3 is 9.47 Å². The van der Waals surface area contributed by atoms with Crippen molar-refractivity contribution in [3.05, 3.63) is 53.6 Å². The first-order chi connectivity index (χ1) is 11.5. The highest BCUT2D eigenvalue weighted by molar-refractivity contribution is 7.86. The van der Waals surface area contributed by atoms with Crippen molar-refractivity contribution < 1.29 is 22.2 Å². The molecule has 0 amide bonds. The Morgan fingerprint density at radius 1 is 1.12 bits per heavy atom. The van der Waals surface area contributed by atoms with Gasteiger partial charge in [0.1, 0.15) is 16.4 Å². The summed E-state index contributed by atoms with van der Waals surface area (Å²) < 4.78 is 40.1. The first-order valence-corrected chi connectivity index (χ1v) is 8.79. The van der Waals surface area contributed by atoms with E-state index in [2.05, 4.69) is 5.16 Å². The first-order valence-electron chi connectivity index (χ1n) is 7.38. The molecule has 0 N–H and O–H groups in total. The quantitative estimate of drug-likeness (QED) is 0.795. The maximum absolute atomic E-state index is 12.2. The fourth-order valence-electron chi connectivity index (χ4n) is 2.32.